The predicted molar refractivity (Wildman–Crippen MR) is 105 cm³/mol. The lowest BCUT2D eigenvalue weighted by Gasteiger charge is -2.09. The maximum absolute atomic E-state index is 11.2. The number of benzene rings is 2. The second-order valence-electron chi connectivity index (χ2n) is 6.03. The molecule has 0 bridgehead atoms. The summed E-state index contributed by atoms with van der Waals surface area (Å²) in [5.74, 6) is 1.50. The Hall–Kier alpha value is -3.13. The Balaban J connectivity index is 1.60. The fourth-order valence-corrected chi connectivity index (χ4v) is 3.59. The van der Waals surface area contributed by atoms with E-state index < -0.39 is 0 Å². The molecule has 2 aromatic carbocycles. The topological polar surface area (TPSA) is 102 Å². The van der Waals surface area contributed by atoms with Crippen LogP contribution in [0.1, 0.15) is 11.6 Å². The number of nitrogens with zero attached hydrogens (tertiary/aromatic N) is 4. The number of para-hydroxylation sites is 3. The maximum atomic E-state index is 11.2. The number of nitrogens with two attached hydrogens (primary N) is 1. The Morgan fingerprint density at radius 3 is 2.59 bits per heavy atom. The van der Waals surface area contributed by atoms with Gasteiger partial charge < -0.3 is 10.7 Å². The summed E-state index contributed by atoms with van der Waals surface area (Å²) < 4.78 is 1.97. The van der Waals surface area contributed by atoms with E-state index in [1.165, 1.54) is 11.8 Å². The number of imidazole rings is 1. The van der Waals surface area contributed by atoms with Crippen LogP contribution in [0.3, 0.4) is 0 Å². The minimum Gasteiger partial charge on any atom is -0.369 e. The van der Waals surface area contributed by atoms with Crippen LogP contribution in [0.5, 0.6) is 0 Å². The van der Waals surface area contributed by atoms with Crippen molar-refractivity contribution in [3.05, 3.63) is 66.2 Å². The number of carbonyl (C=O) groups is 1. The first-order valence-electron chi connectivity index (χ1n) is 8.55. The lowest BCUT2D eigenvalue weighted by atomic mass is 10.2. The SMILES string of the molecule is NC(=O)CSc1nnc(CCc2nc3ccccc3[nH]2)n1-c1ccccc1. The number of nitrogens with one attached hydrogen (secondary N) is 1. The number of thioether (sulfide) groups is 1. The maximum Gasteiger partial charge on any atom is 0.227 e. The standard InChI is InChI=1S/C19H18N6OS/c20-16(26)12-27-19-24-23-18(25(19)13-6-2-1-3-7-13)11-10-17-21-14-8-4-5-9-15(14)22-17/h1-9H,10-12H2,(H2,20,26)(H,21,22). The van der Waals surface area contributed by atoms with Crippen LogP contribution >= 0.6 is 11.8 Å². The van der Waals surface area contributed by atoms with Crippen molar-refractivity contribution in [3.63, 3.8) is 0 Å². The average molecular weight is 378 g/mol. The van der Waals surface area contributed by atoms with E-state index in [2.05, 4.69) is 20.2 Å². The zero-order valence-electron chi connectivity index (χ0n) is 14.5. The molecule has 136 valence electrons. The molecule has 0 aliphatic heterocycles. The quantitative estimate of drug-likeness (QED) is 0.481. The second kappa shape index (κ2) is 7.63. The molecule has 0 saturated carbocycles. The van der Waals surface area contributed by atoms with Gasteiger partial charge in [0.15, 0.2) is 5.16 Å². The van der Waals surface area contributed by atoms with Gasteiger partial charge in [-0.1, -0.05) is 42.1 Å². The third kappa shape index (κ3) is 3.85. The number of fused-ring (bicyclic) bond motifs is 1. The van der Waals surface area contributed by atoms with Gasteiger partial charge in [-0.25, -0.2) is 4.98 Å². The van der Waals surface area contributed by atoms with Crippen LogP contribution in [-0.2, 0) is 17.6 Å². The molecule has 0 spiro atoms. The summed E-state index contributed by atoms with van der Waals surface area (Å²) in [5.41, 5.74) is 8.21. The molecule has 7 nitrogen and oxygen atoms in total. The molecule has 0 aliphatic rings. The third-order valence-electron chi connectivity index (χ3n) is 4.08. The molecular formula is C19H18N6OS. The van der Waals surface area contributed by atoms with Crippen molar-refractivity contribution in [1.82, 2.24) is 24.7 Å². The minimum atomic E-state index is -0.383. The number of amides is 1. The van der Waals surface area contributed by atoms with Crippen LogP contribution in [0.15, 0.2) is 59.8 Å². The Morgan fingerprint density at radius 1 is 1.04 bits per heavy atom. The highest BCUT2D eigenvalue weighted by atomic mass is 32.2. The van der Waals surface area contributed by atoms with Crippen molar-refractivity contribution >= 4 is 28.7 Å². The van der Waals surface area contributed by atoms with Crippen molar-refractivity contribution in [2.75, 3.05) is 5.75 Å². The van der Waals surface area contributed by atoms with Gasteiger partial charge in [0.2, 0.25) is 5.91 Å². The molecule has 0 unspecified atom stereocenters. The number of primary amides is 1. The average Bonchev–Trinajstić information content (AvgIpc) is 3.28. The second-order valence-corrected chi connectivity index (χ2v) is 6.97. The summed E-state index contributed by atoms with van der Waals surface area (Å²) in [6.45, 7) is 0. The van der Waals surface area contributed by atoms with Crippen LogP contribution in [0.4, 0.5) is 0 Å². The fraction of sp³-hybridized carbons (Fsp3) is 0.158. The smallest absolute Gasteiger partial charge is 0.227 e. The normalized spacial score (nSPS) is 11.1. The summed E-state index contributed by atoms with van der Waals surface area (Å²) in [5, 5.41) is 9.25. The van der Waals surface area contributed by atoms with E-state index in [1.807, 2.05) is 59.2 Å². The Kier molecular flexibility index (Phi) is 4.88. The zero-order valence-corrected chi connectivity index (χ0v) is 15.3. The van der Waals surface area contributed by atoms with E-state index in [0.717, 1.165) is 28.4 Å². The van der Waals surface area contributed by atoms with Gasteiger partial charge in [0, 0.05) is 18.5 Å². The van der Waals surface area contributed by atoms with Crippen molar-refractivity contribution < 1.29 is 4.79 Å². The number of carbonyl (C=O) groups excluding carboxylic acids is 1. The van der Waals surface area contributed by atoms with Gasteiger partial charge in [0.1, 0.15) is 11.6 Å². The molecule has 0 atom stereocenters. The molecule has 2 heterocycles. The summed E-state index contributed by atoms with van der Waals surface area (Å²) >= 11 is 1.29. The van der Waals surface area contributed by atoms with Gasteiger partial charge in [-0.2, -0.15) is 0 Å². The van der Waals surface area contributed by atoms with Gasteiger partial charge in [-0.3, -0.25) is 9.36 Å². The van der Waals surface area contributed by atoms with E-state index in [-0.39, 0.29) is 11.7 Å². The van der Waals surface area contributed by atoms with Gasteiger partial charge in [0.25, 0.3) is 0 Å². The molecule has 4 aromatic rings. The number of H-pyrrole nitrogens is 1. The third-order valence-corrected chi connectivity index (χ3v) is 5.03. The van der Waals surface area contributed by atoms with Crippen molar-refractivity contribution in [2.24, 2.45) is 5.73 Å². The summed E-state index contributed by atoms with van der Waals surface area (Å²) in [6, 6.07) is 17.8. The fourth-order valence-electron chi connectivity index (χ4n) is 2.88. The number of hydrogen-bond donors (Lipinski definition) is 2. The summed E-state index contributed by atoms with van der Waals surface area (Å²) in [4.78, 5) is 19.1. The van der Waals surface area contributed by atoms with Crippen LogP contribution in [0, 0.1) is 0 Å². The van der Waals surface area contributed by atoms with Gasteiger partial charge >= 0.3 is 0 Å². The number of aromatic amines is 1. The van der Waals surface area contributed by atoms with Crippen LogP contribution in [-0.4, -0.2) is 36.4 Å². The summed E-state index contributed by atoms with van der Waals surface area (Å²) in [6.07, 6.45) is 1.37. The van der Waals surface area contributed by atoms with Crippen LogP contribution in [0.25, 0.3) is 16.7 Å². The first-order valence-corrected chi connectivity index (χ1v) is 9.54. The van der Waals surface area contributed by atoms with Gasteiger partial charge in [-0.05, 0) is 24.3 Å². The lowest BCUT2D eigenvalue weighted by Crippen LogP contribution is -2.14. The summed E-state index contributed by atoms with van der Waals surface area (Å²) in [7, 11) is 0. The highest BCUT2D eigenvalue weighted by Gasteiger charge is 2.16. The number of hydrogen-bond acceptors (Lipinski definition) is 5. The number of aromatic nitrogens is 5. The van der Waals surface area contributed by atoms with E-state index >= 15 is 0 Å². The molecule has 3 N–H and O–H groups in total. The van der Waals surface area contributed by atoms with Crippen molar-refractivity contribution in [2.45, 2.75) is 18.0 Å². The Labute approximate surface area is 160 Å². The molecule has 4 rings (SSSR count). The van der Waals surface area contributed by atoms with Crippen molar-refractivity contribution in [1.29, 1.82) is 0 Å². The Morgan fingerprint density at radius 2 is 1.81 bits per heavy atom. The van der Waals surface area contributed by atoms with Crippen LogP contribution < -0.4 is 5.73 Å². The molecule has 27 heavy (non-hydrogen) atoms. The van der Waals surface area contributed by atoms with Gasteiger partial charge in [0.05, 0.1) is 16.8 Å². The molecule has 1 amide bonds. The number of rotatable bonds is 7. The van der Waals surface area contributed by atoms with E-state index in [4.69, 9.17) is 5.73 Å². The van der Waals surface area contributed by atoms with Gasteiger partial charge in [-0.15, -0.1) is 10.2 Å². The lowest BCUT2D eigenvalue weighted by molar-refractivity contribution is -0.115. The minimum absolute atomic E-state index is 0.161. The largest absolute Gasteiger partial charge is 0.369 e. The zero-order chi connectivity index (χ0) is 18.6. The Bertz CT molecular complexity index is 1040. The van der Waals surface area contributed by atoms with Crippen LogP contribution in [0.2, 0.25) is 0 Å². The highest BCUT2D eigenvalue weighted by Crippen LogP contribution is 2.22. The van der Waals surface area contributed by atoms with E-state index in [9.17, 15) is 4.79 Å². The molecule has 8 heteroatoms. The van der Waals surface area contributed by atoms with E-state index in [0.29, 0.717) is 18.0 Å². The molecular weight excluding hydrogens is 360 g/mol. The first kappa shape index (κ1) is 17.3. The highest BCUT2D eigenvalue weighted by molar-refractivity contribution is 7.99. The molecule has 0 aliphatic carbocycles. The number of aryl methyl sites for hydroxylation is 2. The predicted octanol–water partition coefficient (Wildman–Crippen LogP) is 2.51. The monoisotopic (exact) mass is 378 g/mol. The van der Waals surface area contributed by atoms with E-state index in [1.54, 1.807) is 0 Å². The van der Waals surface area contributed by atoms with Crippen molar-refractivity contribution in [3.8, 4) is 5.69 Å². The molecule has 0 fully saturated rings. The first-order chi connectivity index (χ1) is 13.2. The molecule has 0 saturated heterocycles. The molecule has 0 radical (unpaired) electrons. The molecule has 2 aromatic heterocycles.